The van der Waals surface area contributed by atoms with Gasteiger partial charge in [-0.1, -0.05) is 18.2 Å². The van der Waals surface area contributed by atoms with E-state index in [0.29, 0.717) is 5.56 Å². The van der Waals surface area contributed by atoms with Gasteiger partial charge in [0.2, 0.25) is 5.91 Å². The summed E-state index contributed by atoms with van der Waals surface area (Å²) in [6.45, 7) is 0.0582. The summed E-state index contributed by atoms with van der Waals surface area (Å²) in [5.74, 6) is -1.80. The molecule has 0 aromatic heterocycles. The molecule has 0 radical (unpaired) electrons. The summed E-state index contributed by atoms with van der Waals surface area (Å²) in [6, 6.07) is 5.98. The number of hydrogen-bond donors (Lipinski definition) is 2. The molecule has 2 N–H and O–H groups in total. The predicted molar refractivity (Wildman–Crippen MR) is 55.4 cm³/mol. The van der Waals surface area contributed by atoms with Crippen molar-refractivity contribution in [3.8, 4) is 0 Å². The van der Waals surface area contributed by atoms with Gasteiger partial charge in [0.15, 0.2) is 0 Å². The normalized spacial score (nSPS) is 9.81. The maximum absolute atomic E-state index is 13.1. The molecule has 0 unspecified atom stereocenters. The molecule has 0 saturated carbocycles. The van der Waals surface area contributed by atoms with Gasteiger partial charge in [-0.25, -0.2) is 4.39 Å². The smallest absolute Gasteiger partial charge is 0.305 e. The molecule has 1 aromatic rings. The van der Waals surface area contributed by atoms with Crippen molar-refractivity contribution < 1.29 is 19.1 Å². The van der Waals surface area contributed by atoms with Crippen LogP contribution in [0.3, 0.4) is 0 Å². The molecule has 86 valence electrons. The van der Waals surface area contributed by atoms with E-state index in [2.05, 4.69) is 5.32 Å². The Kier molecular flexibility index (Phi) is 4.44. The van der Waals surface area contributed by atoms with E-state index in [0.717, 1.165) is 0 Å². The van der Waals surface area contributed by atoms with Crippen LogP contribution in [-0.4, -0.2) is 23.5 Å². The number of carbonyl (C=O) groups is 2. The van der Waals surface area contributed by atoms with E-state index >= 15 is 0 Å². The van der Waals surface area contributed by atoms with Crippen molar-refractivity contribution >= 4 is 11.9 Å². The average molecular weight is 225 g/mol. The minimum Gasteiger partial charge on any atom is -0.481 e. The van der Waals surface area contributed by atoms with Gasteiger partial charge in [0.05, 0.1) is 12.8 Å². The molecule has 0 aliphatic heterocycles. The largest absolute Gasteiger partial charge is 0.481 e. The number of benzene rings is 1. The van der Waals surface area contributed by atoms with Crippen LogP contribution in [0.15, 0.2) is 24.3 Å². The Labute approximate surface area is 92.1 Å². The van der Waals surface area contributed by atoms with E-state index in [9.17, 15) is 14.0 Å². The van der Waals surface area contributed by atoms with Crippen LogP contribution in [-0.2, 0) is 16.0 Å². The zero-order valence-electron chi connectivity index (χ0n) is 8.57. The summed E-state index contributed by atoms with van der Waals surface area (Å²) in [7, 11) is 0. The van der Waals surface area contributed by atoms with Crippen molar-refractivity contribution in [3.05, 3.63) is 35.6 Å². The highest BCUT2D eigenvalue weighted by molar-refractivity contribution is 5.79. The number of nitrogens with one attached hydrogen (secondary N) is 1. The van der Waals surface area contributed by atoms with Crippen LogP contribution in [0.4, 0.5) is 4.39 Å². The van der Waals surface area contributed by atoms with Crippen molar-refractivity contribution in [2.24, 2.45) is 0 Å². The molecule has 0 fully saturated rings. The lowest BCUT2D eigenvalue weighted by atomic mass is 10.1. The topological polar surface area (TPSA) is 66.4 Å². The molecule has 0 bridgehead atoms. The highest BCUT2D eigenvalue weighted by Crippen LogP contribution is 2.06. The van der Waals surface area contributed by atoms with Crippen molar-refractivity contribution in [3.63, 3.8) is 0 Å². The van der Waals surface area contributed by atoms with Gasteiger partial charge in [0.25, 0.3) is 0 Å². The lowest BCUT2D eigenvalue weighted by Crippen LogP contribution is -2.27. The number of carboxylic acid groups (broad SMARTS) is 1. The molecule has 5 heteroatoms. The number of aliphatic carboxylic acids is 1. The Bertz CT molecular complexity index is 393. The second-order valence-electron chi connectivity index (χ2n) is 3.26. The fourth-order valence-corrected chi connectivity index (χ4v) is 1.19. The van der Waals surface area contributed by atoms with Gasteiger partial charge in [-0.3, -0.25) is 9.59 Å². The first kappa shape index (κ1) is 12.2. The second kappa shape index (κ2) is 5.85. The van der Waals surface area contributed by atoms with Gasteiger partial charge in [0.1, 0.15) is 5.82 Å². The first-order valence-corrected chi connectivity index (χ1v) is 4.81. The molecule has 16 heavy (non-hydrogen) atoms. The quantitative estimate of drug-likeness (QED) is 0.784. The Morgan fingerprint density at radius 1 is 1.31 bits per heavy atom. The molecule has 4 nitrogen and oxygen atoms in total. The number of rotatable bonds is 5. The van der Waals surface area contributed by atoms with Crippen LogP contribution in [0, 0.1) is 5.82 Å². The van der Waals surface area contributed by atoms with Crippen molar-refractivity contribution in [1.29, 1.82) is 0 Å². The standard InChI is InChI=1S/C11H12FNO3/c12-9-4-2-1-3-8(9)7-10(14)13-6-5-11(15)16/h1-4H,5-7H2,(H,13,14)(H,15,16). The molecule has 1 amide bonds. The van der Waals surface area contributed by atoms with Crippen molar-refractivity contribution in [1.82, 2.24) is 5.32 Å². The van der Waals surface area contributed by atoms with E-state index < -0.39 is 11.8 Å². The molecule has 1 rings (SSSR count). The number of halogens is 1. The fourth-order valence-electron chi connectivity index (χ4n) is 1.19. The van der Waals surface area contributed by atoms with E-state index in [4.69, 9.17) is 5.11 Å². The van der Waals surface area contributed by atoms with Crippen LogP contribution >= 0.6 is 0 Å². The van der Waals surface area contributed by atoms with Crippen LogP contribution in [0.5, 0.6) is 0 Å². The van der Waals surface area contributed by atoms with Gasteiger partial charge in [-0.05, 0) is 11.6 Å². The summed E-state index contributed by atoms with van der Waals surface area (Å²) in [6.07, 6.45) is -0.213. The van der Waals surface area contributed by atoms with E-state index in [-0.39, 0.29) is 25.3 Å². The van der Waals surface area contributed by atoms with Crippen LogP contribution in [0.1, 0.15) is 12.0 Å². The number of amides is 1. The summed E-state index contributed by atoms with van der Waals surface area (Å²) < 4.78 is 13.1. The minimum absolute atomic E-state index is 0.0582. The van der Waals surface area contributed by atoms with Crippen molar-refractivity contribution in [2.75, 3.05) is 6.54 Å². The molecular weight excluding hydrogens is 213 g/mol. The molecule has 0 spiro atoms. The molecule has 0 aliphatic rings. The zero-order valence-corrected chi connectivity index (χ0v) is 8.57. The lowest BCUT2D eigenvalue weighted by Gasteiger charge is -2.04. The zero-order chi connectivity index (χ0) is 12.0. The average Bonchev–Trinajstić information content (AvgIpc) is 2.21. The number of carbonyl (C=O) groups excluding carboxylic acids is 1. The summed E-state index contributed by atoms with van der Waals surface area (Å²) in [4.78, 5) is 21.5. The summed E-state index contributed by atoms with van der Waals surface area (Å²) in [5.41, 5.74) is 0.301. The number of hydrogen-bond acceptors (Lipinski definition) is 2. The highest BCUT2D eigenvalue weighted by atomic mass is 19.1. The van der Waals surface area contributed by atoms with E-state index in [1.165, 1.54) is 12.1 Å². The fraction of sp³-hybridized carbons (Fsp3) is 0.273. The van der Waals surface area contributed by atoms with E-state index in [1.54, 1.807) is 12.1 Å². The lowest BCUT2D eigenvalue weighted by molar-refractivity contribution is -0.136. The molecule has 0 aliphatic carbocycles. The van der Waals surface area contributed by atoms with Crippen LogP contribution < -0.4 is 5.32 Å². The Balaban J connectivity index is 2.40. The predicted octanol–water partition coefficient (Wildman–Crippen LogP) is 0.959. The number of carboxylic acids is 1. The third-order valence-electron chi connectivity index (χ3n) is 1.97. The Morgan fingerprint density at radius 3 is 2.62 bits per heavy atom. The Hall–Kier alpha value is -1.91. The van der Waals surface area contributed by atoms with Gasteiger partial charge in [-0.2, -0.15) is 0 Å². The first-order chi connectivity index (χ1) is 7.59. The van der Waals surface area contributed by atoms with Crippen LogP contribution in [0.2, 0.25) is 0 Å². The molecule has 0 heterocycles. The Morgan fingerprint density at radius 2 is 2.00 bits per heavy atom. The summed E-state index contributed by atoms with van der Waals surface area (Å²) in [5, 5.41) is 10.8. The maximum atomic E-state index is 13.1. The van der Waals surface area contributed by atoms with Crippen molar-refractivity contribution in [2.45, 2.75) is 12.8 Å². The van der Waals surface area contributed by atoms with Crippen LogP contribution in [0.25, 0.3) is 0 Å². The van der Waals surface area contributed by atoms with Gasteiger partial charge >= 0.3 is 5.97 Å². The van der Waals surface area contributed by atoms with E-state index in [1.807, 2.05) is 0 Å². The second-order valence-corrected chi connectivity index (χ2v) is 3.26. The molecule has 1 aromatic carbocycles. The first-order valence-electron chi connectivity index (χ1n) is 4.81. The SMILES string of the molecule is O=C(O)CCNC(=O)Cc1ccccc1F. The highest BCUT2D eigenvalue weighted by Gasteiger charge is 2.07. The third kappa shape index (κ3) is 4.08. The molecule has 0 saturated heterocycles. The molecular formula is C11H12FNO3. The third-order valence-corrected chi connectivity index (χ3v) is 1.97. The monoisotopic (exact) mass is 225 g/mol. The maximum Gasteiger partial charge on any atom is 0.305 e. The minimum atomic E-state index is -0.980. The van der Waals surface area contributed by atoms with Gasteiger partial charge in [-0.15, -0.1) is 0 Å². The molecule has 0 atom stereocenters. The van der Waals surface area contributed by atoms with Gasteiger partial charge in [0, 0.05) is 6.54 Å². The summed E-state index contributed by atoms with van der Waals surface area (Å²) >= 11 is 0. The van der Waals surface area contributed by atoms with Gasteiger partial charge < -0.3 is 10.4 Å².